The van der Waals surface area contributed by atoms with Crippen molar-refractivity contribution in [2.45, 2.75) is 37.5 Å². The smallest absolute Gasteiger partial charge is 0.161 e. The van der Waals surface area contributed by atoms with E-state index in [1.165, 1.54) is 30.6 Å². The monoisotopic (exact) mass is 293 g/mol. The van der Waals surface area contributed by atoms with E-state index in [9.17, 15) is 0 Å². The van der Waals surface area contributed by atoms with Crippen molar-refractivity contribution in [3.05, 3.63) is 23.8 Å². The van der Waals surface area contributed by atoms with Crippen molar-refractivity contribution in [2.75, 3.05) is 25.5 Å². The lowest BCUT2D eigenvalue weighted by Gasteiger charge is -2.26. The molecule has 0 amide bonds. The Morgan fingerprint density at radius 3 is 2.90 bits per heavy atom. The van der Waals surface area contributed by atoms with Crippen LogP contribution in [-0.2, 0) is 0 Å². The summed E-state index contributed by atoms with van der Waals surface area (Å²) in [6.07, 6.45) is 3.81. The minimum absolute atomic E-state index is 0.429. The van der Waals surface area contributed by atoms with Gasteiger partial charge in [-0.2, -0.15) is 11.8 Å². The highest BCUT2D eigenvalue weighted by molar-refractivity contribution is 8.00. The Bertz CT molecular complexity index is 446. The molecule has 1 saturated heterocycles. The lowest BCUT2D eigenvalue weighted by molar-refractivity contribution is 0.171. The Morgan fingerprint density at radius 1 is 1.30 bits per heavy atom. The molecule has 0 aliphatic carbocycles. The Kier molecular flexibility index (Phi) is 4.73. The molecule has 1 aromatic rings. The van der Waals surface area contributed by atoms with Gasteiger partial charge in [0, 0.05) is 11.3 Å². The van der Waals surface area contributed by atoms with Gasteiger partial charge in [-0.25, -0.2) is 0 Å². The van der Waals surface area contributed by atoms with Crippen molar-refractivity contribution < 1.29 is 9.47 Å². The third-order valence-electron chi connectivity index (χ3n) is 3.88. The molecule has 3 nitrogen and oxygen atoms in total. The van der Waals surface area contributed by atoms with E-state index in [2.05, 4.69) is 42.2 Å². The van der Waals surface area contributed by atoms with E-state index in [1.54, 1.807) is 0 Å². The highest BCUT2D eigenvalue weighted by Crippen LogP contribution is 2.39. The normalized spacial score (nSPS) is 22.8. The maximum absolute atomic E-state index is 5.72. The predicted molar refractivity (Wildman–Crippen MR) is 83.9 cm³/mol. The Balaban J connectivity index is 1.81. The van der Waals surface area contributed by atoms with Gasteiger partial charge in [0.2, 0.25) is 0 Å². The second-order valence-corrected chi connectivity index (χ2v) is 6.73. The van der Waals surface area contributed by atoms with Crippen LogP contribution in [0.3, 0.4) is 0 Å². The highest BCUT2D eigenvalue weighted by atomic mass is 32.2. The summed E-state index contributed by atoms with van der Waals surface area (Å²) in [7, 11) is 0. The second kappa shape index (κ2) is 6.72. The van der Waals surface area contributed by atoms with E-state index in [0.717, 1.165) is 18.0 Å². The van der Waals surface area contributed by atoms with Gasteiger partial charge in [-0.05, 0) is 49.3 Å². The summed E-state index contributed by atoms with van der Waals surface area (Å²) >= 11 is 2.10. The van der Waals surface area contributed by atoms with Crippen molar-refractivity contribution >= 4 is 11.8 Å². The topological polar surface area (TPSA) is 30.5 Å². The molecule has 2 atom stereocenters. The van der Waals surface area contributed by atoms with Crippen LogP contribution < -0.4 is 14.8 Å². The summed E-state index contributed by atoms with van der Waals surface area (Å²) in [6.45, 7) is 4.59. The number of benzene rings is 1. The largest absolute Gasteiger partial charge is 0.486 e. The Labute approximate surface area is 125 Å². The fourth-order valence-corrected chi connectivity index (χ4v) is 4.30. The SMILES string of the molecule is CCCNC(c1ccc2c(c1)OCCO2)C1CCCS1. The first kappa shape index (κ1) is 14.1. The zero-order chi connectivity index (χ0) is 13.8. The van der Waals surface area contributed by atoms with Crippen molar-refractivity contribution in [3.63, 3.8) is 0 Å². The van der Waals surface area contributed by atoms with Crippen LogP contribution in [0.1, 0.15) is 37.8 Å². The molecule has 1 N–H and O–H groups in total. The first-order valence-corrected chi connectivity index (χ1v) is 8.68. The maximum Gasteiger partial charge on any atom is 0.161 e. The maximum atomic E-state index is 5.72. The molecule has 2 heterocycles. The van der Waals surface area contributed by atoms with Gasteiger partial charge in [0.25, 0.3) is 0 Å². The number of hydrogen-bond acceptors (Lipinski definition) is 4. The number of nitrogens with one attached hydrogen (secondary N) is 1. The molecule has 2 unspecified atom stereocenters. The molecule has 0 spiro atoms. The predicted octanol–water partition coefficient (Wildman–Crippen LogP) is 3.39. The molecule has 20 heavy (non-hydrogen) atoms. The molecule has 3 rings (SSSR count). The number of hydrogen-bond donors (Lipinski definition) is 1. The average molecular weight is 293 g/mol. The summed E-state index contributed by atoms with van der Waals surface area (Å²) in [5.74, 6) is 3.08. The minimum atomic E-state index is 0.429. The van der Waals surface area contributed by atoms with Crippen LogP contribution >= 0.6 is 11.8 Å². The van der Waals surface area contributed by atoms with E-state index in [4.69, 9.17) is 9.47 Å². The van der Waals surface area contributed by atoms with Crippen LogP contribution in [0.15, 0.2) is 18.2 Å². The summed E-state index contributed by atoms with van der Waals surface area (Å²) < 4.78 is 11.3. The van der Waals surface area contributed by atoms with E-state index in [1.807, 2.05) is 0 Å². The third kappa shape index (κ3) is 3.07. The molecule has 0 saturated carbocycles. The van der Waals surface area contributed by atoms with Gasteiger partial charge in [0.15, 0.2) is 11.5 Å². The van der Waals surface area contributed by atoms with Crippen LogP contribution in [0.25, 0.3) is 0 Å². The number of fused-ring (bicyclic) bond motifs is 1. The van der Waals surface area contributed by atoms with Gasteiger partial charge < -0.3 is 14.8 Å². The van der Waals surface area contributed by atoms with E-state index in [-0.39, 0.29) is 0 Å². The Morgan fingerprint density at radius 2 is 2.15 bits per heavy atom. The molecule has 0 aromatic heterocycles. The van der Waals surface area contributed by atoms with Gasteiger partial charge in [0.1, 0.15) is 13.2 Å². The number of rotatable bonds is 5. The van der Waals surface area contributed by atoms with Crippen molar-refractivity contribution in [3.8, 4) is 11.5 Å². The number of thioether (sulfide) groups is 1. The zero-order valence-corrected chi connectivity index (χ0v) is 12.9. The molecule has 1 aromatic carbocycles. The minimum Gasteiger partial charge on any atom is -0.486 e. The van der Waals surface area contributed by atoms with Crippen molar-refractivity contribution in [2.24, 2.45) is 0 Å². The lowest BCUT2D eigenvalue weighted by atomic mass is 10.00. The van der Waals surface area contributed by atoms with Crippen LogP contribution in [0, 0.1) is 0 Å². The average Bonchev–Trinajstić information content (AvgIpc) is 3.02. The molecular weight excluding hydrogens is 270 g/mol. The molecule has 0 bridgehead atoms. The van der Waals surface area contributed by atoms with E-state index < -0.39 is 0 Å². The molecule has 1 fully saturated rings. The Hall–Kier alpha value is -0.870. The molecule has 4 heteroatoms. The van der Waals surface area contributed by atoms with E-state index in [0.29, 0.717) is 24.5 Å². The summed E-state index contributed by atoms with van der Waals surface area (Å²) in [5.41, 5.74) is 1.34. The zero-order valence-electron chi connectivity index (χ0n) is 12.1. The summed E-state index contributed by atoms with van der Waals surface area (Å²) in [6, 6.07) is 6.85. The van der Waals surface area contributed by atoms with Gasteiger partial charge in [0.05, 0.1) is 0 Å². The van der Waals surface area contributed by atoms with Gasteiger partial charge >= 0.3 is 0 Å². The van der Waals surface area contributed by atoms with Gasteiger partial charge in [-0.3, -0.25) is 0 Å². The van der Waals surface area contributed by atoms with Gasteiger partial charge in [-0.1, -0.05) is 13.0 Å². The highest BCUT2D eigenvalue weighted by Gasteiger charge is 2.27. The third-order valence-corrected chi connectivity index (χ3v) is 5.34. The molecule has 0 radical (unpaired) electrons. The van der Waals surface area contributed by atoms with Crippen LogP contribution in [0.5, 0.6) is 11.5 Å². The van der Waals surface area contributed by atoms with E-state index >= 15 is 0 Å². The number of ether oxygens (including phenoxy) is 2. The van der Waals surface area contributed by atoms with Gasteiger partial charge in [-0.15, -0.1) is 0 Å². The standard InChI is InChI=1S/C16H23NO2S/c1-2-7-17-16(15-4-3-10-20-15)12-5-6-13-14(11-12)19-9-8-18-13/h5-6,11,15-17H,2-4,7-10H2,1H3. The first-order chi connectivity index (χ1) is 9.88. The summed E-state index contributed by atoms with van der Waals surface area (Å²) in [5, 5.41) is 4.40. The first-order valence-electron chi connectivity index (χ1n) is 7.63. The summed E-state index contributed by atoms with van der Waals surface area (Å²) in [4.78, 5) is 0. The molecule has 110 valence electrons. The van der Waals surface area contributed by atoms with Crippen LogP contribution in [0.4, 0.5) is 0 Å². The van der Waals surface area contributed by atoms with Crippen LogP contribution in [-0.4, -0.2) is 30.8 Å². The lowest BCUT2D eigenvalue weighted by Crippen LogP contribution is -2.29. The molecule has 2 aliphatic rings. The van der Waals surface area contributed by atoms with Crippen molar-refractivity contribution in [1.29, 1.82) is 0 Å². The van der Waals surface area contributed by atoms with Crippen molar-refractivity contribution in [1.82, 2.24) is 5.32 Å². The van der Waals surface area contributed by atoms with Crippen LogP contribution in [0.2, 0.25) is 0 Å². The fourth-order valence-electron chi connectivity index (χ4n) is 2.88. The fraction of sp³-hybridized carbons (Fsp3) is 0.625. The molecular formula is C16H23NO2S. The quantitative estimate of drug-likeness (QED) is 0.901. The molecule has 2 aliphatic heterocycles. The second-order valence-electron chi connectivity index (χ2n) is 5.39.